The molecule has 0 spiro atoms. The van der Waals surface area contributed by atoms with Gasteiger partial charge in [-0.1, -0.05) is 18.2 Å². The van der Waals surface area contributed by atoms with Crippen molar-refractivity contribution >= 4 is 44.9 Å². The molecule has 32 heavy (non-hydrogen) atoms. The van der Waals surface area contributed by atoms with Crippen molar-refractivity contribution in [3.8, 4) is 0 Å². The Hall–Kier alpha value is -3.92. The van der Waals surface area contributed by atoms with Crippen LogP contribution >= 0.6 is 15.9 Å². The van der Waals surface area contributed by atoms with Crippen LogP contribution < -0.4 is 4.90 Å². The number of nitro groups is 1. The van der Waals surface area contributed by atoms with Crippen LogP contribution in [-0.4, -0.2) is 26.7 Å². The zero-order valence-corrected chi connectivity index (χ0v) is 17.7. The first-order valence-corrected chi connectivity index (χ1v) is 10.0. The van der Waals surface area contributed by atoms with Crippen LogP contribution in [0.1, 0.15) is 17.2 Å². The zero-order valence-electron chi connectivity index (χ0n) is 16.1. The number of nitrogens with zero attached hydrogens (tertiary/aromatic N) is 3. The number of aromatic nitrogens is 1. The topological polar surface area (TPSA) is 114 Å². The molecule has 0 radical (unpaired) electrons. The molecule has 3 aromatic rings. The number of pyridine rings is 1. The summed E-state index contributed by atoms with van der Waals surface area (Å²) in [6.45, 7) is 0. The summed E-state index contributed by atoms with van der Waals surface area (Å²) in [7, 11) is 0. The van der Waals surface area contributed by atoms with Crippen LogP contribution in [-0.2, 0) is 9.59 Å². The van der Waals surface area contributed by atoms with Crippen LogP contribution in [0.25, 0.3) is 5.76 Å². The minimum Gasteiger partial charge on any atom is -0.507 e. The summed E-state index contributed by atoms with van der Waals surface area (Å²) < 4.78 is 15.4. The fourth-order valence-corrected chi connectivity index (χ4v) is 3.70. The normalized spacial score (nSPS) is 17.6. The van der Waals surface area contributed by atoms with Gasteiger partial charge in [-0.3, -0.25) is 24.6 Å². The Kier molecular flexibility index (Phi) is 5.54. The second kappa shape index (κ2) is 8.31. The van der Waals surface area contributed by atoms with Crippen LogP contribution in [0.5, 0.6) is 0 Å². The van der Waals surface area contributed by atoms with E-state index in [1.54, 1.807) is 12.1 Å². The van der Waals surface area contributed by atoms with Crippen molar-refractivity contribution < 1.29 is 24.0 Å². The number of anilines is 1. The number of ketones is 1. The van der Waals surface area contributed by atoms with Crippen molar-refractivity contribution in [3.05, 3.63) is 104 Å². The number of nitro benzene ring substituents is 1. The van der Waals surface area contributed by atoms with Crippen molar-refractivity contribution in [2.75, 3.05) is 4.90 Å². The molecule has 0 saturated carbocycles. The molecule has 1 atom stereocenters. The monoisotopic (exact) mass is 497 g/mol. The SMILES string of the molecule is O=C1C(=O)N(c2ccc(Br)cn2)[C@@H](c2ccccc2F)/C1=C(/O)c1ccc([N+](=O)[O-])cc1. The molecule has 8 nitrogen and oxygen atoms in total. The first-order valence-electron chi connectivity index (χ1n) is 9.21. The van der Waals surface area contributed by atoms with E-state index in [2.05, 4.69) is 20.9 Å². The number of hydrogen-bond donors (Lipinski definition) is 1. The maximum Gasteiger partial charge on any atom is 0.301 e. The Labute approximate surface area is 188 Å². The molecule has 0 aliphatic carbocycles. The zero-order chi connectivity index (χ0) is 23.0. The van der Waals surface area contributed by atoms with Crippen LogP contribution in [0.4, 0.5) is 15.9 Å². The number of halogens is 2. The van der Waals surface area contributed by atoms with E-state index in [-0.39, 0.29) is 28.2 Å². The average Bonchev–Trinajstić information content (AvgIpc) is 3.05. The summed E-state index contributed by atoms with van der Waals surface area (Å²) in [5.74, 6) is -3.19. The first-order chi connectivity index (χ1) is 15.3. The third-order valence-electron chi connectivity index (χ3n) is 4.95. The van der Waals surface area contributed by atoms with E-state index < -0.39 is 34.2 Å². The molecule has 1 aromatic heterocycles. The number of aliphatic hydroxyl groups is 1. The summed E-state index contributed by atoms with van der Waals surface area (Å²) in [4.78, 5) is 41.4. The van der Waals surface area contributed by atoms with E-state index in [1.807, 2.05) is 0 Å². The fraction of sp³-hybridized carbons (Fsp3) is 0.0455. The summed E-state index contributed by atoms with van der Waals surface area (Å²) in [6.07, 6.45) is 1.42. The fourth-order valence-electron chi connectivity index (χ4n) is 3.47. The molecule has 1 saturated heterocycles. The number of carbonyl (C=O) groups excluding carboxylic acids is 2. The average molecular weight is 498 g/mol. The van der Waals surface area contributed by atoms with E-state index in [0.29, 0.717) is 4.47 Å². The quantitative estimate of drug-likeness (QED) is 0.186. The van der Waals surface area contributed by atoms with E-state index >= 15 is 0 Å². The molecule has 0 bridgehead atoms. The van der Waals surface area contributed by atoms with Gasteiger partial charge in [0.15, 0.2) is 0 Å². The highest BCUT2D eigenvalue weighted by molar-refractivity contribution is 9.10. The van der Waals surface area contributed by atoms with Crippen molar-refractivity contribution in [1.82, 2.24) is 4.98 Å². The standard InChI is InChI=1S/C22H13BrFN3O5/c23-13-7-10-17(25-11-13)26-19(15-3-1-2-4-16(15)24)18(21(29)22(26)30)20(28)12-5-8-14(9-6-12)27(31)32/h1-11,19,28H/b20-18-/t19-/m0/s1. The Morgan fingerprint density at radius 3 is 2.38 bits per heavy atom. The van der Waals surface area contributed by atoms with Crippen molar-refractivity contribution in [2.24, 2.45) is 0 Å². The number of non-ortho nitro benzene ring substituents is 1. The highest BCUT2D eigenvalue weighted by Crippen LogP contribution is 2.42. The maximum absolute atomic E-state index is 14.8. The van der Waals surface area contributed by atoms with Crippen LogP contribution in [0.3, 0.4) is 0 Å². The number of hydrogen-bond acceptors (Lipinski definition) is 6. The summed E-state index contributed by atoms with van der Waals surface area (Å²) in [5, 5.41) is 21.8. The third kappa shape index (κ3) is 3.65. The van der Waals surface area contributed by atoms with Gasteiger partial charge in [0.1, 0.15) is 17.4 Å². The molecule has 10 heteroatoms. The van der Waals surface area contributed by atoms with E-state index in [0.717, 1.165) is 17.0 Å². The van der Waals surface area contributed by atoms with Crippen LogP contribution in [0.2, 0.25) is 0 Å². The Morgan fingerprint density at radius 2 is 1.78 bits per heavy atom. The van der Waals surface area contributed by atoms with Gasteiger partial charge < -0.3 is 5.11 Å². The molecule has 160 valence electrons. The van der Waals surface area contributed by atoms with Crippen molar-refractivity contribution in [3.63, 3.8) is 0 Å². The van der Waals surface area contributed by atoms with Gasteiger partial charge in [-0.2, -0.15) is 0 Å². The lowest BCUT2D eigenvalue weighted by Gasteiger charge is -2.24. The summed E-state index contributed by atoms with van der Waals surface area (Å²) >= 11 is 3.24. The number of Topliss-reactive ketones (excluding diaryl/α,β-unsaturated/α-hetero) is 1. The molecule has 2 aromatic carbocycles. The van der Waals surface area contributed by atoms with E-state index in [4.69, 9.17) is 0 Å². The Bertz CT molecular complexity index is 1280. The van der Waals surface area contributed by atoms with Crippen molar-refractivity contribution in [2.45, 2.75) is 6.04 Å². The van der Waals surface area contributed by atoms with Gasteiger partial charge >= 0.3 is 5.91 Å². The summed E-state index contributed by atoms with van der Waals surface area (Å²) in [6, 6.07) is 12.2. The lowest BCUT2D eigenvalue weighted by Crippen LogP contribution is -2.30. The van der Waals surface area contributed by atoms with Gasteiger partial charge in [-0.15, -0.1) is 0 Å². The number of benzene rings is 2. The lowest BCUT2D eigenvalue weighted by atomic mass is 9.95. The molecule has 1 aliphatic heterocycles. The predicted molar refractivity (Wildman–Crippen MR) is 116 cm³/mol. The number of aliphatic hydroxyl groups excluding tert-OH is 1. The van der Waals surface area contributed by atoms with Gasteiger partial charge in [0, 0.05) is 33.9 Å². The van der Waals surface area contributed by atoms with Gasteiger partial charge in [-0.25, -0.2) is 9.37 Å². The molecule has 4 rings (SSSR count). The number of amides is 1. The highest BCUT2D eigenvalue weighted by atomic mass is 79.9. The largest absolute Gasteiger partial charge is 0.507 e. The Balaban J connectivity index is 1.93. The number of rotatable bonds is 4. The molecular formula is C22H13BrFN3O5. The molecule has 1 aliphatic rings. The van der Waals surface area contributed by atoms with Gasteiger partial charge in [-0.05, 0) is 46.3 Å². The third-order valence-corrected chi connectivity index (χ3v) is 5.42. The predicted octanol–water partition coefficient (Wildman–Crippen LogP) is 4.52. The second-order valence-electron chi connectivity index (χ2n) is 6.83. The molecule has 1 N–H and O–H groups in total. The Morgan fingerprint density at radius 1 is 1.09 bits per heavy atom. The molecule has 1 amide bonds. The maximum atomic E-state index is 14.8. The van der Waals surface area contributed by atoms with Gasteiger partial charge in [0.25, 0.3) is 11.5 Å². The highest BCUT2D eigenvalue weighted by Gasteiger charge is 2.48. The number of carbonyl (C=O) groups is 2. The van der Waals surface area contributed by atoms with E-state index in [1.165, 1.54) is 42.6 Å². The second-order valence-corrected chi connectivity index (χ2v) is 7.74. The molecule has 2 heterocycles. The van der Waals surface area contributed by atoms with Crippen LogP contribution in [0.15, 0.2) is 76.9 Å². The van der Waals surface area contributed by atoms with Gasteiger partial charge in [0.05, 0.1) is 16.5 Å². The molecular weight excluding hydrogens is 485 g/mol. The summed E-state index contributed by atoms with van der Waals surface area (Å²) in [5.41, 5.74) is -0.510. The van der Waals surface area contributed by atoms with Gasteiger partial charge in [0.2, 0.25) is 0 Å². The minimum absolute atomic E-state index is 0.0140. The molecule has 1 fully saturated rings. The lowest BCUT2D eigenvalue weighted by molar-refractivity contribution is -0.384. The smallest absolute Gasteiger partial charge is 0.301 e. The van der Waals surface area contributed by atoms with E-state index in [9.17, 15) is 29.2 Å². The first kappa shape index (κ1) is 21.3. The van der Waals surface area contributed by atoms with Crippen LogP contribution in [0, 0.1) is 15.9 Å². The molecule has 0 unspecified atom stereocenters. The minimum atomic E-state index is -1.29. The van der Waals surface area contributed by atoms with Crippen molar-refractivity contribution in [1.29, 1.82) is 0 Å².